The van der Waals surface area contributed by atoms with E-state index in [2.05, 4.69) is 15.2 Å². The predicted molar refractivity (Wildman–Crippen MR) is 71.3 cm³/mol. The zero-order valence-corrected chi connectivity index (χ0v) is 10.3. The first kappa shape index (κ1) is 11.9. The largest absolute Gasteiger partial charge is 0.388 e. The van der Waals surface area contributed by atoms with Gasteiger partial charge in [-0.05, 0) is 43.7 Å². The normalized spacial score (nSPS) is 10.5. The average molecular weight is 237 g/mol. The Hall–Kier alpha value is -2.54. The van der Waals surface area contributed by atoms with E-state index in [0.29, 0.717) is 5.69 Å². The van der Waals surface area contributed by atoms with Gasteiger partial charge in [0.1, 0.15) is 0 Å². The summed E-state index contributed by atoms with van der Waals surface area (Å²) in [5, 5.41) is 17.0. The van der Waals surface area contributed by atoms with Gasteiger partial charge in [0.15, 0.2) is 4.98 Å². The van der Waals surface area contributed by atoms with Gasteiger partial charge < -0.3 is 0 Å². The second kappa shape index (κ2) is 5.19. The number of diazo groups is 1. The molecule has 0 saturated carbocycles. The lowest BCUT2D eigenvalue weighted by Gasteiger charge is -1.95. The van der Waals surface area contributed by atoms with Crippen molar-refractivity contribution in [1.29, 1.82) is 5.39 Å². The molecule has 0 aliphatic rings. The third-order valence-electron chi connectivity index (χ3n) is 2.57. The molecule has 18 heavy (non-hydrogen) atoms. The fourth-order valence-corrected chi connectivity index (χ4v) is 1.62. The summed E-state index contributed by atoms with van der Waals surface area (Å²) in [5.41, 5.74) is 4.12. The van der Waals surface area contributed by atoms with Gasteiger partial charge in [-0.1, -0.05) is 12.1 Å². The molecule has 0 N–H and O–H groups in total. The van der Waals surface area contributed by atoms with E-state index in [1.165, 1.54) is 0 Å². The minimum absolute atomic E-state index is 0.546. The van der Waals surface area contributed by atoms with Crippen LogP contribution in [0.1, 0.15) is 11.1 Å². The standard InChI is InChI=1S/C14H13N4/c1-10-4-3-5-12(8-10)17-18-13-6-7-14(16-15)11(2)9-13/h3-9H,1-2H3/q+1. The summed E-state index contributed by atoms with van der Waals surface area (Å²) in [4.78, 5) is 3.17. The van der Waals surface area contributed by atoms with Crippen LogP contribution in [0.3, 0.4) is 0 Å². The van der Waals surface area contributed by atoms with E-state index in [1.807, 2.05) is 44.2 Å². The molecule has 88 valence electrons. The maximum atomic E-state index is 8.72. The maximum Gasteiger partial charge on any atom is 0.388 e. The highest BCUT2D eigenvalue weighted by Crippen LogP contribution is 2.25. The smallest absolute Gasteiger partial charge is 0.151 e. The van der Waals surface area contributed by atoms with Crippen LogP contribution in [-0.2, 0) is 0 Å². The molecular weight excluding hydrogens is 224 g/mol. The Bertz CT molecular complexity index is 638. The van der Waals surface area contributed by atoms with E-state index in [4.69, 9.17) is 5.39 Å². The van der Waals surface area contributed by atoms with Crippen molar-refractivity contribution in [2.24, 2.45) is 10.2 Å². The van der Waals surface area contributed by atoms with Crippen LogP contribution in [0, 0.1) is 19.2 Å². The fourth-order valence-electron chi connectivity index (χ4n) is 1.62. The Balaban J connectivity index is 2.24. The molecule has 4 nitrogen and oxygen atoms in total. The monoisotopic (exact) mass is 237 g/mol. The van der Waals surface area contributed by atoms with Gasteiger partial charge >= 0.3 is 5.69 Å². The molecule has 0 spiro atoms. The van der Waals surface area contributed by atoms with E-state index in [0.717, 1.165) is 22.5 Å². The summed E-state index contributed by atoms with van der Waals surface area (Å²) < 4.78 is 0. The lowest BCUT2D eigenvalue weighted by molar-refractivity contribution is 1.22. The summed E-state index contributed by atoms with van der Waals surface area (Å²) in [7, 11) is 0. The Labute approximate surface area is 106 Å². The lowest BCUT2D eigenvalue weighted by atomic mass is 10.2. The van der Waals surface area contributed by atoms with Crippen LogP contribution in [-0.4, -0.2) is 0 Å². The molecule has 0 aromatic heterocycles. The van der Waals surface area contributed by atoms with Crippen LogP contribution in [0.5, 0.6) is 0 Å². The number of benzene rings is 2. The second-order valence-corrected chi connectivity index (χ2v) is 4.11. The van der Waals surface area contributed by atoms with E-state index in [-0.39, 0.29) is 0 Å². The molecule has 0 amide bonds. The van der Waals surface area contributed by atoms with E-state index in [9.17, 15) is 0 Å². The van der Waals surface area contributed by atoms with Crippen molar-refractivity contribution in [2.45, 2.75) is 13.8 Å². The molecule has 2 rings (SSSR count). The molecule has 0 aliphatic heterocycles. The summed E-state index contributed by atoms with van der Waals surface area (Å²) >= 11 is 0. The summed E-state index contributed by atoms with van der Waals surface area (Å²) in [6, 6.07) is 13.1. The van der Waals surface area contributed by atoms with Gasteiger partial charge in [-0.15, -0.1) is 0 Å². The third kappa shape index (κ3) is 2.77. The second-order valence-electron chi connectivity index (χ2n) is 4.11. The van der Waals surface area contributed by atoms with Gasteiger partial charge in [-0.2, -0.15) is 10.2 Å². The first-order valence-corrected chi connectivity index (χ1v) is 5.63. The van der Waals surface area contributed by atoms with E-state index < -0.39 is 0 Å². The van der Waals surface area contributed by atoms with Crippen molar-refractivity contribution in [3.63, 3.8) is 0 Å². The number of aryl methyl sites for hydroxylation is 2. The molecule has 2 aromatic carbocycles. The molecule has 2 aromatic rings. The first-order valence-electron chi connectivity index (χ1n) is 5.63. The lowest BCUT2D eigenvalue weighted by Crippen LogP contribution is -1.72. The van der Waals surface area contributed by atoms with Crippen molar-refractivity contribution >= 4 is 17.1 Å². The Morgan fingerprint density at radius 1 is 0.944 bits per heavy atom. The molecule has 0 saturated heterocycles. The Morgan fingerprint density at radius 2 is 1.67 bits per heavy atom. The molecule has 0 heterocycles. The molecule has 0 fully saturated rings. The highest BCUT2D eigenvalue weighted by Gasteiger charge is 2.09. The molecule has 0 unspecified atom stereocenters. The Kier molecular flexibility index (Phi) is 3.44. The minimum atomic E-state index is 0.546. The van der Waals surface area contributed by atoms with Gasteiger partial charge in [0.25, 0.3) is 0 Å². The number of azo groups is 1. The van der Waals surface area contributed by atoms with Crippen molar-refractivity contribution in [1.82, 2.24) is 0 Å². The van der Waals surface area contributed by atoms with Crippen molar-refractivity contribution in [3.05, 3.63) is 58.6 Å². The first-order chi connectivity index (χ1) is 8.69. The summed E-state index contributed by atoms with van der Waals surface area (Å²) in [6.45, 7) is 3.88. The quantitative estimate of drug-likeness (QED) is 0.523. The molecular formula is C14H13N4+. The van der Waals surface area contributed by atoms with Crippen molar-refractivity contribution in [3.8, 4) is 0 Å². The van der Waals surface area contributed by atoms with E-state index in [1.54, 1.807) is 12.1 Å². The minimum Gasteiger partial charge on any atom is -0.151 e. The number of hydrogen-bond donors (Lipinski definition) is 0. The molecule has 0 aliphatic carbocycles. The van der Waals surface area contributed by atoms with Gasteiger partial charge in [0.05, 0.1) is 11.4 Å². The topological polar surface area (TPSA) is 52.9 Å². The van der Waals surface area contributed by atoms with Crippen molar-refractivity contribution in [2.75, 3.05) is 0 Å². The molecule has 0 atom stereocenters. The summed E-state index contributed by atoms with van der Waals surface area (Å²) in [6.07, 6.45) is 0. The van der Waals surface area contributed by atoms with Crippen LogP contribution in [0.25, 0.3) is 4.98 Å². The maximum absolute atomic E-state index is 8.72. The molecule has 4 heteroatoms. The number of nitrogens with zero attached hydrogens (tertiary/aromatic N) is 4. The zero-order valence-electron chi connectivity index (χ0n) is 10.3. The molecule has 0 radical (unpaired) electrons. The Morgan fingerprint density at radius 3 is 2.28 bits per heavy atom. The van der Waals surface area contributed by atoms with Crippen LogP contribution in [0.15, 0.2) is 52.7 Å². The highest BCUT2D eigenvalue weighted by atomic mass is 15.1. The number of hydrogen-bond acceptors (Lipinski definition) is 3. The van der Waals surface area contributed by atoms with Gasteiger partial charge in [0.2, 0.25) is 5.39 Å². The average Bonchev–Trinajstić information content (AvgIpc) is 2.37. The third-order valence-corrected chi connectivity index (χ3v) is 2.57. The zero-order chi connectivity index (χ0) is 13.0. The highest BCUT2D eigenvalue weighted by molar-refractivity contribution is 5.57. The predicted octanol–water partition coefficient (Wildman–Crippen LogP) is 5.20. The fraction of sp³-hybridized carbons (Fsp3) is 0.143. The van der Waals surface area contributed by atoms with Crippen LogP contribution < -0.4 is 0 Å². The summed E-state index contributed by atoms with van der Waals surface area (Å²) in [5.74, 6) is 0. The van der Waals surface area contributed by atoms with Gasteiger partial charge in [-0.3, -0.25) is 0 Å². The van der Waals surface area contributed by atoms with Gasteiger partial charge in [-0.25, -0.2) is 0 Å². The van der Waals surface area contributed by atoms with Crippen LogP contribution in [0.2, 0.25) is 0 Å². The van der Waals surface area contributed by atoms with Crippen molar-refractivity contribution < 1.29 is 0 Å². The number of rotatable bonds is 2. The SMILES string of the molecule is Cc1cccc(N=Nc2ccc([N+]#N)c(C)c2)c1. The van der Waals surface area contributed by atoms with Crippen LogP contribution >= 0.6 is 0 Å². The van der Waals surface area contributed by atoms with E-state index >= 15 is 0 Å². The molecule has 0 bridgehead atoms. The van der Waals surface area contributed by atoms with Crippen LogP contribution in [0.4, 0.5) is 17.1 Å². The van der Waals surface area contributed by atoms with Gasteiger partial charge in [0, 0.05) is 11.6 Å².